The second kappa shape index (κ2) is 8.98. The number of nitrogens with zero attached hydrogens (tertiary/aromatic N) is 1. The van der Waals surface area contributed by atoms with Gasteiger partial charge in [-0.3, -0.25) is 4.79 Å². The predicted molar refractivity (Wildman–Crippen MR) is 88.3 cm³/mol. The highest BCUT2D eigenvalue weighted by atomic mass is 35.5. The molecule has 124 valence electrons. The summed E-state index contributed by atoms with van der Waals surface area (Å²) in [7, 11) is 1.63. The lowest BCUT2D eigenvalue weighted by molar-refractivity contribution is -0.144. The van der Waals surface area contributed by atoms with Gasteiger partial charge in [0.05, 0.1) is 13.7 Å². The van der Waals surface area contributed by atoms with Crippen molar-refractivity contribution in [2.24, 2.45) is 5.73 Å². The first-order chi connectivity index (χ1) is 10.1. The molecule has 1 amide bonds. The molecule has 0 saturated carbocycles. The number of likely N-dealkylation sites (tertiary alicyclic amines) is 1. The Hall–Kier alpha value is -1.30. The lowest BCUT2D eigenvalue weighted by atomic mass is 10.1. The Kier molecular flexibility index (Phi) is 7.65. The van der Waals surface area contributed by atoms with Crippen molar-refractivity contribution >= 4 is 18.3 Å². The Morgan fingerprint density at radius 1 is 1.41 bits per heavy atom. The number of ether oxygens (including phenoxy) is 2. The van der Waals surface area contributed by atoms with Crippen molar-refractivity contribution in [2.75, 3.05) is 20.2 Å². The molecule has 1 atom stereocenters. The van der Waals surface area contributed by atoms with E-state index in [0.29, 0.717) is 6.61 Å². The third kappa shape index (κ3) is 5.16. The van der Waals surface area contributed by atoms with Crippen LogP contribution in [0.1, 0.15) is 25.3 Å². The summed E-state index contributed by atoms with van der Waals surface area (Å²) in [4.78, 5) is 14.1. The lowest BCUT2D eigenvalue weighted by Crippen LogP contribution is -2.46. The second-order valence-corrected chi connectivity index (χ2v) is 5.47. The fourth-order valence-electron chi connectivity index (χ4n) is 2.43. The number of rotatable bonds is 5. The van der Waals surface area contributed by atoms with Gasteiger partial charge in [0.15, 0.2) is 0 Å². The maximum absolute atomic E-state index is 12.3. The largest absolute Gasteiger partial charge is 0.497 e. The molecule has 0 bridgehead atoms. The highest BCUT2D eigenvalue weighted by Crippen LogP contribution is 2.15. The standard InChI is InChI=1S/C16H24N2O3.ClH/c1-12(16(19)18-8-6-14(17)7-9-18)21-11-13-4-3-5-15(10-13)20-2;/h3-5,10,12,14H,6-9,11,17H2,1-2H3;1H. The first kappa shape index (κ1) is 18.7. The Morgan fingerprint density at radius 2 is 2.09 bits per heavy atom. The molecule has 1 fully saturated rings. The van der Waals surface area contributed by atoms with Gasteiger partial charge in [-0.2, -0.15) is 0 Å². The summed E-state index contributed by atoms with van der Waals surface area (Å²) in [5, 5.41) is 0. The van der Waals surface area contributed by atoms with E-state index in [1.54, 1.807) is 14.0 Å². The van der Waals surface area contributed by atoms with Gasteiger partial charge < -0.3 is 20.1 Å². The minimum Gasteiger partial charge on any atom is -0.497 e. The Bertz CT molecular complexity index is 476. The number of piperidine rings is 1. The zero-order valence-corrected chi connectivity index (χ0v) is 14.0. The summed E-state index contributed by atoms with van der Waals surface area (Å²) in [6.45, 7) is 3.66. The van der Waals surface area contributed by atoms with Crippen molar-refractivity contribution in [1.82, 2.24) is 4.90 Å². The highest BCUT2D eigenvalue weighted by molar-refractivity contribution is 5.85. The van der Waals surface area contributed by atoms with Gasteiger partial charge in [-0.15, -0.1) is 12.4 Å². The molecule has 0 aromatic heterocycles. The zero-order valence-electron chi connectivity index (χ0n) is 13.2. The SMILES string of the molecule is COc1cccc(COC(C)C(=O)N2CCC(N)CC2)c1.Cl. The number of benzene rings is 1. The van der Waals surface area contributed by atoms with Crippen LogP contribution < -0.4 is 10.5 Å². The Morgan fingerprint density at radius 3 is 2.73 bits per heavy atom. The van der Waals surface area contributed by atoms with Gasteiger partial charge in [0.25, 0.3) is 5.91 Å². The molecule has 2 N–H and O–H groups in total. The van der Waals surface area contributed by atoms with E-state index >= 15 is 0 Å². The molecule has 1 aromatic carbocycles. The predicted octanol–water partition coefficient (Wildman–Crippen LogP) is 1.97. The van der Waals surface area contributed by atoms with Gasteiger partial charge in [0.1, 0.15) is 11.9 Å². The van der Waals surface area contributed by atoms with Crippen LogP contribution in [0, 0.1) is 0 Å². The number of methoxy groups -OCH3 is 1. The molecular formula is C16H25ClN2O3. The molecule has 0 spiro atoms. The molecule has 0 aliphatic carbocycles. The maximum atomic E-state index is 12.3. The number of carbonyl (C=O) groups is 1. The molecule has 1 aliphatic rings. The van der Waals surface area contributed by atoms with Gasteiger partial charge in [-0.05, 0) is 37.5 Å². The minimum absolute atomic E-state index is 0. The monoisotopic (exact) mass is 328 g/mol. The Labute approximate surface area is 138 Å². The molecule has 6 heteroatoms. The van der Waals surface area contributed by atoms with Crippen LogP contribution in [0.25, 0.3) is 0 Å². The number of hydrogen-bond donors (Lipinski definition) is 1. The van der Waals surface area contributed by atoms with Crippen LogP contribution in [-0.2, 0) is 16.1 Å². The average Bonchev–Trinajstić information content (AvgIpc) is 2.53. The van der Waals surface area contributed by atoms with Crippen molar-refractivity contribution in [3.8, 4) is 5.75 Å². The first-order valence-electron chi connectivity index (χ1n) is 7.39. The molecule has 1 heterocycles. The topological polar surface area (TPSA) is 64.8 Å². The minimum atomic E-state index is -0.439. The molecule has 1 aliphatic heterocycles. The van der Waals surface area contributed by atoms with Crippen molar-refractivity contribution in [1.29, 1.82) is 0 Å². The van der Waals surface area contributed by atoms with Crippen molar-refractivity contribution < 1.29 is 14.3 Å². The summed E-state index contributed by atoms with van der Waals surface area (Å²) in [6.07, 6.45) is 1.30. The summed E-state index contributed by atoms with van der Waals surface area (Å²) in [5.41, 5.74) is 6.85. The third-order valence-electron chi connectivity index (χ3n) is 3.83. The average molecular weight is 329 g/mol. The highest BCUT2D eigenvalue weighted by Gasteiger charge is 2.24. The van der Waals surface area contributed by atoms with E-state index in [0.717, 1.165) is 37.2 Å². The normalized spacial score (nSPS) is 16.8. The van der Waals surface area contributed by atoms with Crippen molar-refractivity contribution in [3.05, 3.63) is 29.8 Å². The van der Waals surface area contributed by atoms with Gasteiger partial charge in [0, 0.05) is 19.1 Å². The van der Waals surface area contributed by atoms with Crippen LogP contribution >= 0.6 is 12.4 Å². The van der Waals surface area contributed by atoms with Crippen LogP contribution in [0.3, 0.4) is 0 Å². The Balaban J connectivity index is 0.00000242. The fourth-order valence-corrected chi connectivity index (χ4v) is 2.43. The summed E-state index contributed by atoms with van der Waals surface area (Å²) < 4.78 is 10.9. The van der Waals surface area contributed by atoms with Crippen LogP contribution in [0.4, 0.5) is 0 Å². The van der Waals surface area contributed by atoms with Crippen molar-refractivity contribution in [2.45, 2.75) is 38.5 Å². The number of amides is 1. The molecule has 22 heavy (non-hydrogen) atoms. The van der Waals surface area contributed by atoms with E-state index in [2.05, 4.69) is 0 Å². The number of carbonyl (C=O) groups excluding carboxylic acids is 1. The van der Waals surface area contributed by atoms with E-state index < -0.39 is 6.10 Å². The first-order valence-corrected chi connectivity index (χ1v) is 7.39. The van der Waals surface area contributed by atoms with Crippen LogP contribution in [-0.4, -0.2) is 43.2 Å². The smallest absolute Gasteiger partial charge is 0.251 e. The maximum Gasteiger partial charge on any atom is 0.251 e. The molecule has 1 unspecified atom stereocenters. The van der Waals surface area contributed by atoms with Crippen LogP contribution in [0.2, 0.25) is 0 Å². The lowest BCUT2D eigenvalue weighted by Gasteiger charge is -2.32. The number of halogens is 1. The van der Waals surface area contributed by atoms with Gasteiger partial charge in [-0.1, -0.05) is 12.1 Å². The van der Waals surface area contributed by atoms with Gasteiger partial charge in [0.2, 0.25) is 0 Å². The summed E-state index contributed by atoms with van der Waals surface area (Å²) >= 11 is 0. The number of nitrogens with two attached hydrogens (primary N) is 1. The summed E-state index contributed by atoms with van der Waals surface area (Å²) in [5.74, 6) is 0.838. The molecule has 1 aromatic rings. The van der Waals surface area contributed by atoms with E-state index in [-0.39, 0.29) is 24.4 Å². The van der Waals surface area contributed by atoms with Gasteiger partial charge >= 0.3 is 0 Å². The molecule has 1 saturated heterocycles. The summed E-state index contributed by atoms with van der Waals surface area (Å²) in [6, 6.07) is 7.89. The molecule has 2 rings (SSSR count). The quantitative estimate of drug-likeness (QED) is 0.897. The van der Waals surface area contributed by atoms with Gasteiger partial charge in [-0.25, -0.2) is 0 Å². The second-order valence-electron chi connectivity index (χ2n) is 5.47. The van der Waals surface area contributed by atoms with E-state index in [1.165, 1.54) is 0 Å². The van der Waals surface area contributed by atoms with Crippen LogP contribution in [0.15, 0.2) is 24.3 Å². The van der Waals surface area contributed by atoms with E-state index in [1.807, 2.05) is 29.2 Å². The zero-order chi connectivity index (χ0) is 15.2. The molecular weight excluding hydrogens is 304 g/mol. The van der Waals surface area contributed by atoms with Crippen molar-refractivity contribution in [3.63, 3.8) is 0 Å². The fraction of sp³-hybridized carbons (Fsp3) is 0.562. The van der Waals surface area contributed by atoms with Crippen LogP contribution in [0.5, 0.6) is 5.75 Å². The van der Waals surface area contributed by atoms with E-state index in [9.17, 15) is 4.79 Å². The molecule has 0 radical (unpaired) electrons. The van der Waals surface area contributed by atoms with E-state index in [4.69, 9.17) is 15.2 Å². The number of hydrogen-bond acceptors (Lipinski definition) is 4. The molecule has 5 nitrogen and oxygen atoms in total. The third-order valence-corrected chi connectivity index (χ3v) is 3.83.